The lowest BCUT2D eigenvalue weighted by Gasteiger charge is -2.27. The lowest BCUT2D eigenvalue weighted by atomic mass is 10.1. The number of benzene rings is 1. The third-order valence-corrected chi connectivity index (χ3v) is 8.04. The van der Waals surface area contributed by atoms with E-state index in [1.54, 1.807) is 30.3 Å². The number of thioether (sulfide) groups is 1. The lowest BCUT2D eigenvalue weighted by Crippen LogP contribution is -2.33. The fourth-order valence-electron chi connectivity index (χ4n) is 3.78. The van der Waals surface area contributed by atoms with Gasteiger partial charge in [-0.2, -0.15) is 10.3 Å². The zero-order valence-corrected chi connectivity index (χ0v) is 20.4. The Morgan fingerprint density at radius 1 is 1.18 bits per heavy atom. The van der Waals surface area contributed by atoms with E-state index in [0.29, 0.717) is 21.8 Å². The van der Waals surface area contributed by atoms with E-state index in [4.69, 9.17) is 0 Å². The zero-order valence-electron chi connectivity index (χ0n) is 18.8. The van der Waals surface area contributed by atoms with Gasteiger partial charge in [0.2, 0.25) is 5.91 Å². The minimum absolute atomic E-state index is 0.0433. The number of hydrogen-bond acceptors (Lipinski definition) is 7. The van der Waals surface area contributed by atoms with Crippen molar-refractivity contribution < 1.29 is 14.4 Å². The van der Waals surface area contributed by atoms with Crippen molar-refractivity contribution in [3.8, 4) is 6.07 Å². The van der Waals surface area contributed by atoms with Gasteiger partial charge in [0.25, 0.3) is 11.8 Å². The Hall–Kier alpha value is -3.16. The van der Waals surface area contributed by atoms with Crippen molar-refractivity contribution in [1.29, 1.82) is 5.26 Å². The summed E-state index contributed by atoms with van der Waals surface area (Å²) in [4.78, 5) is 44.7. The van der Waals surface area contributed by atoms with Crippen LogP contribution in [0.3, 0.4) is 0 Å². The summed E-state index contributed by atoms with van der Waals surface area (Å²) in [5.41, 5.74) is 1.40. The van der Waals surface area contributed by atoms with Gasteiger partial charge in [-0.05, 0) is 56.0 Å². The van der Waals surface area contributed by atoms with E-state index in [1.807, 2.05) is 6.92 Å². The van der Waals surface area contributed by atoms with Gasteiger partial charge in [-0.1, -0.05) is 18.7 Å². The highest BCUT2D eigenvalue weighted by atomic mass is 32.2. The molecule has 3 amide bonds. The van der Waals surface area contributed by atoms with Gasteiger partial charge in [0, 0.05) is 35.6 Å². The van der Waals surface area contributed by atoms with Crippen LogP contribution in [0.1, 0.15) is 53.4 Å². The molecule has 0 radical (unpaired) electrons. The van der Waals surface area contributed by atoms with E-state index in [1.165, 1.54) is 29.5 Å². The topological polar surface area (TPSA) is 115 Å². The number of nitrogens with zero attached hydrogens (tertiary/aromatic N) is 3. The number of amidine groups is 1. The molecule has 0 aliphatic carbocycles. The molecule has 2 aliphatic rings. The second-order valence-corrected chi connectivity index (χ2v) is 10.4. The molecular weight excluding hydrogens is 470 g/mol. The first-order valence-corrected chi connectivity index (χ1v) is 12.9. The maximum Gasteiger partial charge on any atom is 0.262 e. The van der Waals surface area contributed by atoms with Crippen LogP contribution in [0.4, 0.5) is 10.7 Å². The molecule has 34 heavy (non-hydrogen) atoms. The van der Waals surface area contributed by atoms with Crippen molar-refractivity contribution in [2.75, 3.05) is 23.7 Å². The fourth-order valence-corrected chi connectivity index (χ4v) is 5.84. The number of carbonyl (C=O) groups excluding carboxylic acids is 3. The molecule has 4 rings (SSSR count). The van der Waals surface area contributed by atoms with Crippen molar-refractivity contribution in [2.24, 2.45) is 4.99 Å². The number of aryl methyl sites for hydroxylation is 1. The van der Waals surface area contributed by atoms with Gasteiger partial charge < -0.3 is 15.5 Å². The highest BCUT2D eigenvalue weighted by molar-refractivity contribution is 8.15. The van der Waals surface area contributed by atoms with Crippen LogP contribution in [0, 0.1) is 11.3 Å². The number of anilines is 2. The first kappa shape index (κ1) is 24.0. The monoisotopic (exact) mass is 495 g/mol. The van der Waals surface area contributed by atoms with Gasteiger partial charge >= 0.3 is 0 Å². The Kier molecular flexibility index (Phi) is 7.65. The molecule has 1 unspecified atom stereocenters. The summed E-state index contributed by atoms with van der Waals surface area (Å²) >= 11 is 2.76. The number of carbonyl (C=O) groups is 3. The van der Waals surface area contributed by atoms with Gasteiger partial charge in [0.05, 0.1) is 5.56 Å². The van der Waals surface area contributed by atoms with Crippen LogP contribution in [0.2, 0.25) is 0 Å². The minimum Gasteiger partial charge on any atom is -0.351 e. The summed E-state index contributed by atoms with van der Waals surface area (Å²) in [6.45, 7) is 3.80. The van der Waals surface area contributed by atoms with E-state index < -0.39 is 5.25 Å². The normalized spacial score (nSPS) is 17.8. The van der Waals surface area contributed by atoms with Crippen molar-refractivity contribution >= 4 is 56.7 Å². The first-order valence-electron chi connectivity index (χ1n) is 11.2. The minimum atomic E-state index is -0.505. The number of likely N-dealkylation sites (tertiary alicyclic amines) is 1. The van der Waals surface area contributed by atoms with Crippen LogP contribution in [0.5, 0.6) is 0 Å². The highest BCUT2D eigenvalue weighted by Gasteiger charge is 2.33. The summed E-state index contributed by atoms with van der Waals surface area (Å²) in [6, 6.07) is 10.4. The van der Waals surface area contributed by atoms with E-state index in [0.717, 1.165) is 42.4 Å². The molecule has 3 heterocycles. The summed E-state index contributed by atoms with van der Waals surface area (Å²) in [6.07, 6.45) is 4.23. The predicted octanol–water partition coefficient (Wildman–Crippen LogP) is 4.25. The SMILES string of the molecule is CCc1cc(C#N)c(NC(=O)c2ccc(NC(=O)CC3SC(N4CCCCC4)=NC3=O)cc2)s1. The Labute approximate surface area is 206 Å². The van der Waals surface area contributed by atoms with Crippen LogP contribution >= 0.6 is 23.1 Å². The van der Waals surface area contributed by atoms with Crippen LogP contribution < -0.4 is 10.6 Å². The summed E-state index contributed by atoms with van der Waals surface area (Å²) in [7, 11) is 0. The quantitative estimate of drug-likeness (QED) is 0.619. The molecule has 1 atom stereocenters. The van der Waals surface area contributed by atoms with Crippen LogP contribution in [-0.4, -0.2) is 46.1 Å². The molecule has 1 fully saturated rings. The molecule has 1 saturated heterocycles. The van der Waals surface area contributed by atoms with Crippen LogP contribution in [0.15, 0.2) is 35.3 Å². The number of nitriles is 1. The number of amides is 3. The molecule has 2 aromatic rings. The summed E-state index contributed by atoms with van der Waals surface area (Å²) in [5, 5.41) is 15.6. The largest absolute Gasteiger partial charge is 0.351 e. The predicted molar refractivity (Wildman–Crippen MR) is 135 cm³/mol. The van der Waals surface area contributed by atoms with Gasteiger partial charge in [-0.25, -0.2) is 0 Å². The second-order valence-electron chi connectivity index (χ2n) is 8.09. The molecule has 8 nitrogen and oxygen atoms in total. The Morgan fingerprint density at radius 2 is 1.91 bits per heavy atom. The number of aliphatic imine (C=N–C) groups is 1. The van der Waals surface area contributed by atoms with E-state index in [2.05, 4.69) is 26.6 Å². The Bertz CT molecular complexity index is 1160. The molecular formula is C24H25N5O3S2. The number of hydrogen-bond donors (Lipinski definition) is 2. The maximum absolute atomic E-state index is 12.6. The Morgan fingerprint density at radius 3 is 2.59 bits per heavy atom. The second kappa shape index (κ2) is 10.8. The highest BCUT2D eigenvalue weighted by Crippen LogP contribution is 2.30. The van der Waals surface area contributed by atoms with E-state index in [9.17, 15) is 19.6 Å². The van der Waals surface area contributed by atoms with Gasteiger partial charge in [-0.3, -0.25) is 14.4 Å². The molecule has 2 aliphatic heterocycles. The molecule has 0 saturated carbocycles. The van der Waals surface area contributed by atoms with Crippen molar-refractivity contribution in [3.63, 3.8) is 0 Å². The summed E-state index contributed by atoms with van der Waals surface area (Å²) in [5.74, 6) is -0.860. The molecule has 1 aromatic heterocycles. The van der Waals surface area contributed by atoms with E-state index >= 15 is 0 Å². The van der Waals surface area contributed by atoms with Gasteiger partial charge in [0.15, 0.2) is 5.17 Å². The van der Waals surface area contributed by atoms with Crippen molar-refractivity contribution in [3.05, 3.63) is 46.3 Å². The average Bonchev–Trinajstić information content (AvgIpc) is 3.42. The zero-order chi connectivity index (χ0) is 24.1. The fraction of sp³-hybridized carbons (Fsp3) is 0.375. The number of rotatable bonds is 6. The standard InChI is InChI=1S/C24H25N5O3S2/c1-2-18-12-16(14-25)23(33-18)27-21(31)15-6-8-17(9-7-15)26-20(30)13-19-22(32)28-24(34-19)29-10-4-3-5-11-29/h6-9,12,19H,2-5,10-11,13H2,1H3,(H,26,30)(H,27,31). The van der Waals surface area contributed by atoms with Gasteiger partial charge in [0.1, 0.15) is 16.3 Å². The molecule has 176 valence electrons. The molecule has 0 spiro atoms. The number of nitrogens with one attached hydrogen (secondary N) is 2. The Balaban J connectivity index is 1.30. The average molecular weight is 496 g/mol. The third kappa shape index (κ3) is 5.66. The van der Waals surface area contributed by atoms with Crippen LogP contribution in [-0.2, 0) is 16.0 Å². The molecule has 0 bridgehead atoms. The van der Waals surface area contributed by atoms with Crippen LogP contribution in [0.25, 0.3) is 0 Å². The smallest absolute Gasteiger partial charge is 0.262 e. The van der Waals surface area contributed by atoms with Gasteiger partial charge in [-0.15, -0.1) is 11.3 Å². The van der Waals surface area contributed by atoms with E-state index in [-0.39, 0.29) is 24.1 Å². The molecule has 2 N–H and O–H groups in total. The molecule has 1 aromatic carbocycles. The number of piperidine rings is 1. The molecule has 10 heteroatoms. The number of thiophene rings is 1. The maximum atomic E-state index is 12.6. The lowest BCUT2D eigenvalue weighted by molar-refractivity contribution is -0.121. The van der Waals surface area contributed by atoms with Crippen molar-refractivity contribution in [2.45, 2.75) is 44.3 Å². The summed E-state index contributed by atoms with van der Waals surface area (Å²) < 4.78 is 0. The first-order chi connectivity index (χ1) is 16.5. The third-order valence-electron chi connectivity index (χ3n) is 5.64. The van der Waals surface area contributed by atoms with Crippen molar-refractivity contribution in [1.82, 2.24) is 4.90 Å².